The third-order valence-electron chi connectivity index (χ3n) is 4.23. The molecule has 3 rings (SSSR count). The van der Waals surface area contributed by atoms with Crippen molar-refractivity contribution in [3.05, 3.63) is 71.6 Å². The van der Waals surface area contributed by atoms with Crippen molar-refractivity contribution in [1.82, 2.24) is 9.88 Å². The van der Waals surface area contributed by atoms with Gasteiger partial charge in [0.25, 0.3) is 0 Å². The summed E-state index contributed by atoms with van der Waals surface area (Å²) in [6, 6.07) is 15.7. The molecule has 0 aliphatic heterocycles. The van der Waals surface area contributed by atoms with Gasteiger partial charge in [-0.3, -0.25) is 4.79 Å². The Hall–Kier alpha value is -3.22. The van der Waals surface area contributed by atoms with E-state index in [1.807, 2.05) is 30.3 Å². The van der Waals surface area contributed by atoms with E-state index in [2.05, 4.69) is 9.72 Å². The maximum atomic E-state index is 12.5. The smallest absolute Gasteiger partial charge is 0.387 e. The van der Waals surface area contributed by atoms with Crippen molar-refractivity contribution in [2.75, 3.05) is 7.05 Å². The summed E-state index contributed by atoms with van der Waals surface area (Å²) in [6.07, 6.45) is 0.116. The van der Waals surface area contributed by atoms with Crippen molar-refractivity contribution in [1.29, 1.82) is 0 Å². The Balaban J connectivity index is 1.62. The molecular formula is C21H20F2N2O3. The lowest BCUT2D eigenvalue weighted by atomic mass is 10.2. The second-order valence-electron chi connectivity index (χ2n) is 6.34. The summed E-state index contributed by atoms with van der Waals surface area (Å²) in [4.78, 5) is 18.5. The first-order valence-electron chi connectivity index (χ1n) is 8.72. The number of ether oxygens (including phenoxy) is 1. The van der Waals surface area contributed by atoms with Crippen LogP contribution in [-0.2, 0) is 17.8 Å². The molecule has 0 N–H and O–H groups in total. The predicted octanol–water partition coefficient (Wildman–Crippen LogP) is 4.45. The number of aromatic nitrogens is 1. The minimum atomic E-state index is -2.86. The highest BCUT2D eigenvalue weighted by Crippen LogP contribution is 2.22. The molecule has 0 saturated heterocycles. The summed E-state index contributed by atoms with van der Waals surface area (Å²) in [7, 11) is 1.68. The number of amides is 1. The summed E-state index contributed by atoms with van der Waals surface area (Å²) in [5.41, 5.74) is 2.25. The van der Waals surface area contributed by atoms with E-state index < -0.39 is 6.61 Å². The van der Waals surface area contributed by atoms with Crippen molar-refractivity contribution in [3.63, 3.8) is 0 Å². The Morgan fingerprint density at radius 1 is 1.14 bits per heavy atom. The van der Waals surface area contributed by atoms with Gasteiger partial charge in [0.05, 0.1) is 12.1 Å². The van der Waals surface area contributed by atoms with E-state index in [4.69, 9.17) is 4.42 Å². The normalized spacial score (nSPS) is 10.9. The first-order valence-corrected chi connectivity index (χ1v) is 8.72. The Morgan fingerprint density at radius 3 is 2.46 bits per heavy atom. The van der Waals surface area contributed by atoms with Gasteiger partial charge in [0, 0.05) is 19.2 Å². The fraction of sp³-hybridized carbons (Fsp3) is 0.238. The van der Waals surface area contributed by atoms with Gasteiger partial charge in [-0.2, -0.15) is 8.78 Å². The standard InChI is InChI=1S/C21H20F2N2O3/c1-14-18(24-20(27-14)16-6-4-3-5-7-16)12-19(26)25(2)13-15-8-10-17(11-9-15)28-21(22)23/h3-11,21H,12-13H2,1-2H3. The number of alkyl halides is 2. The van der Waals surface area contributed by atoms with Gasteiger partial charge in [-0.25, -0.2) is 4.98 Å². The van der Waals surface area contributed by atoms with Gasteiger partial charge in [0.2, 0.25) is 11.8 Å². The average Bonchev–Trinajstić information content (AvgIpc) is 3.04. The van der Waals surface area contributed by atoms with E-state index in [9.17, 15) is 13.6 Å². The molecule has 2 aromatic carbocycles. The molecule has 0 spiro atoms. The molecule has 146 valence electrons. The Labute approximate surface area is 161 Å². The number of oxazole rings is 1. The Kier molecular flexibility index (Phi) is 6.03. The second kappa shape index (κ2) is 8.65. The average molecular weight is 386 g/mol. The lowest BCUT2D eigenvalue weighted by Gasteiger charge is -2.17. The molecule has 0 atom stereocenters. The van der Waals surface area contributed by atoms with Crippen LogP contribution in [0.4, 0.5) is 8.78 Å². The zero-order valence-corrected chi connectivity index (χ0v) is 15.6. The van der Waals surface area contributed by atoms with E-state index in [0.29, 0.717) is 23.9 Å². The molecule has 1 amide bonds. The summed E-state index contributed by atoms with van der Waals surface area (Å²) < 4.78 is 34.4. The number of rotatable bonds is 7. The first-order chi connectivity index (χ1) is 13.4. The van der Waals surface area contributed by atoms with Crippen LogP contribution in [0.25, 0.3) is 11.5 Å². The van der Waals surface area contributed by atoms with Gasteiger partial charge in [-0.1, -0.05) is 30.3 Å². The van der Waals surface area contributed by atoms with E-state index in [0.717, 1.165) is 11.1 Å². The minimum absolute atomic E-state index is 0.0828. The molecule has 5 nitrogen and oxygen atoms in total. The van der Waals surface area contributed by atoms with E-state index >= 15 is 0 Å². The first kappa shape index (κ1) is 19.5. The Morgan fingerprint density at radius 2 is 1.82 bits per heavy atom. The van der Waals surface area contributed by atoms with Crippen molar-refractivity contribution in [3.8, 4) is 17.2 Å². The van der Waals surface area contributed by atoms with Gasteiger partial charge in [-0.15, -0.1) is 0 Å². The molecule has 0 aliphatic rings. The highest BCUT2D eigenvalue weighted by Gasteiger charge is 2.17. The zero-order valence-electron chi connectivity index (χ0n) is 15.6. The van der Waals surface area contributed by atoms with Gasteiger partial charge in [0.15, 0.2) is 0 Å². The maximum Gasteiger partial charge on any atom is 0.387 e. The fourth-order valence-corrected chi connectivity index (χ4v) is 2.71. The molecule has 0 unspecified atom stereocenters. The summed E-state index contributed by atoms with van der Waals surface area (Å²) >= 11 is 0. The van der Waals surface area contributed by atoms with E-state index in [-0.39, 0.29) is 18.1 Å². The van der Waals surface area contributed by atoms with Crippen molar-refractivity contribution < 1.29 is 22.7 Å². The molecule has 7 heteroatoms. The zero-order chi connectivity index (χ0) is 20.1. The summed E-state index contributed by atoms with van der Waals surface area (Å²) in [5.74, 6) is 1.05. The predicted molar refractivity (Wildman–Crippen MR) is 99.9 cm³/mol. The molecule has 28 heavy (non-hydrogen) atoms. The number of likely N-dealkylation sites (N-methyl/N-ethyl adjacent to an activating group) is 1. The molecule has 3 aromatic rings. The van der Waals surface area contributed by atoms with E-state index in [1.165, 1.54) is 12.1 Å². The van der Waals surface area contributed by atoms with Crippen LogP contribution in [0.3, 0.4) is 0 Å². The summed E-state index contributed by atoms with van der Waals surface area (Å²) in [5, 5.41) is 0. The molecule has 0 bridgehead atoms. The van der Waals surface area contributed by atoms with Crippen LogP contribution in [0, 0.1) is 6.92 Å². The second-order valence-corrected chi connectivity index (χ2v) is 6.34. The van der Waals surface area contributed by atoms with E-state index in [1.54, 1.807) is 31.0 Å². The molecule has 0 fully saturated rings. The molecule has 1 heterocycles. The number of nitrogens with zero attached hydrogens (tertiary/aromatic N) is 2. The van der Waals surface area contributed by atoms with Gasteiger partial charge in [-0.05, 0) is 36.8 Å². The van der Waals surface area contributed by atoms with Crippen LogP contribution in [0.15, 0.2) is 59.0 Å². The SMILES string of the molecule is Cc1oc(-c2ccccc2)nc1CC(=O)N(C)Cc1ccc(OC(F)F)cc1. The highest BCUT2D eigenvalue weighted by molar-refractivity contribution is 5.78. The third-order valence-corrected chi connectivity index (χ3v) is 4.23. The maximum absolute atomic E-state index is 12.5. The van der Waals surface area contributed by atoms with Crippen molar-refractivity contribution >= 4 is 5.91 Å². The molecular weight excluding hydrogens is 366 g/mol. The number of hydrogen-bond donors (Lipinski definition) is 0. The minimum Gasteiger partial charge on any atom is -0.441 e. The number of benzene rings is 2. The fourth-order valence-electron chi connectivity index (χ4n) is 2.71. The van der Waals surface area contributed by atoms with Crippen molar-refractivity contribution in [2.24, 2.45) is 0 Å². The number of halogens is 2. The number of carbonyl (C=O) groups excluding carboxylic acids is 1. The lowest BCUT2D eigenvalue weighted by Crippen LogP contribution is -2.28. The van der Waals surface area contributed by atoms with Gasteiger partial charge in [0.1, 0.15) is 11.5 Å². The van der Waals surface area contributed by atoms with Crippen LogP contribution < -0.4 is 4.74 Å². The summed E-state index contributed by atoms with van der Waals surface area (Å²) in [6.45, 7) is -0.735. The number of aryl methyl sites for hydroxylation is 1. The van der Waals surface area contributed by atoms with Crippen LogP contribution in [0.1, 0.15) is 17.0 Å². The van der Waals surface area contributed by atoms with Crippen LogP contribution in [0.5, 0.6) is 5.75 Å². The van der Waals surface area contributed by atoms with Gasteiger partial charge < -0.3 is 14.1 Å². The quantitative estimate of drug-likeness (QED) is 0.602. The topological polar surface area (TPSA) is 55.6 Å². The molecule has 0 saturated carbocycles. The highest BCUT2D eigenvalue weighted by atomic mass is 19.3. The molecule has 0 aliphatic carbocycles. The van der Waals surface area contributed by atoms with Crippen molar-refractivity contribution in [2.45, 2.75) is 26.5 Å². The van der Waals surface area contributed by atoms with Crippen LogP contribution >= 0.6 is 0 Å². The number of carbonyl (C=O) groups is 1. The largest absolute Gasteiger partial charge is 0.441 e. The van der Waals surface area contributed by atoms with Gasteiger partial charge >= 0.3 is 6.61 Å². The van der Waals surface area contributed by atoms with Crippen LogP contribution in [-0.4, -0.2) is 29.5 Å². The number of hydrogen-bond acceptors (Lipinski definition) is 4. The molecule has 1 aromatic heterocycles. The lowest BCUT2D eigenvalue weighted by molar-refractivity contribution is -0.129. The monoisotopic (exact) mass is 386 g/mol. The molecule has 0 radical (unpaired) electrons. The Bertz CT molecular complexity index is 925. The van der Waals surface area contributed by atoms with Crippen LogP contribution in [0.2, 0.25) is 0 Å². The third kappa shape index (κ3) is 4.94.